The van der Waals surface area contributed by atoms with Gasteiger partial charge in [0.05, 0.1) is 59.9 Å². The lowest BCUT2D eigenvalue weighted by molar-refractivity contribution is 1.18. The third-order valence-electron chi connectivity index (χ3n) is 19.3. The van der Waals surface area contributed by atoms with Crippen molar-refractivity contribution in [3.8, 4) is 83.9 Å². The van der Waals surface area contributed by atoms with E-state index in [0.29, 0.717) is 5.56 Å². The molecule has 0 aliphatic rings. The summed E-state index contributed by atoms with van der Waals surface area (Å²) in [5.74, 6) is 0. The third-order valence-corrected chi connectivity index (χ3v) is 20.4. The fraction of sp³-hybridized carbons (Fsp3) is 0.0115. The fourth-order valence-corrected chi connectivity index (χ4v) is 16.3. The van der Waals surface area contributed by atoms with E-state index in [1.807, 2.05) is 6.07 Å². The number of hydrogen-bond acceptors (Lipinski definition) is 3. The van der Waals surface area contributed by atoms with Gasteiger partial charge in [-0.05, 0) is 156 Å². The van der Waals surface area contributed by atoms with E-state index in [4.69, 9.17) is 4.98 Å². The summed E-state index contributed by atoms with van der Waals surface area (Å²) in [5, 5.41) is 22.9. The summed E-state index contributed by atoms with van der Waals surface area (Å²) in [7, 11) is 0. The van der Waals surface area contributed by atoms with Crippen LogP contribution < -0.4 is 0 Å². The van der Waals surface area contributed by atoms with Crippen LogP contribution in [0.1, 0.15) is 11.1 Å². The highest BCUT2D eigenvalue weighted by molar-refractivity contribution is 7.21. The van der Waals surface area contributed by atoms with Gasteiger partial charge in [-0.15, -0.1) is 11.3 Å². The summed E-state index contributed by atoms with van der Waals surface area (Å²) in [6.07, 6.45) is 0. The highest BCUT2D eigenvalue weighted by Crippen LogP contribution is 2.54. The van der Waals surface area contributed by atoms with Gasteiger partial charge in [0, 0.05) is 82.5 Å². The summed E-state index contributed by atoms with van der Waals surface area (Å²) in [6.45, 7) is 2.16. The molecule has 7 heteroatoms. The first-order chi connectivity index (χ1) is 46.5. The van der Waals surface area contributed by atoms with Crippen molar-refractivity contribution < 1.29 is 0 Å². The predicted octanol–water partition coefficient (Wildman–Crippen LogP) is 23.2. The lowest BCUT2D eigenvalue weighted by Gasteiger charge is -2.26. The van der Waals surface area contributed by atoms with Crippen LogP contribution in [-0.2, 0) is 0 Å². The van der Waals surface area contributed by atoms with Crippen molar-refractivity contribution in [3.63, 3.8) is 0 Å². The molecule has 19 aromatic rings. The lowest BCUT2D eigenvalue weighted by Crippen LogP contribution is -2.03. The Morgan fingerprint density at radius 3 is 0.926 bits per heavy atom. The predicted molar refractivity (Wildman–Crippen MR) is 394 cm³/mol. The van der Waals surface area contributed by atoms with Crippen molar-refractivity contribution in [1.82, 2.24) is 23.3 Å². The Hall–Kier alpha value is -12.3. The van der Waals surface area contributed by atoms with Gasteiger partial charge in [0.1, 0.15) is 11.1 Å². The number of aryl methyl sites for hydroxylation is 1. The van der Waals surface area contributed by atoms with Gasteiger partial charge in [0.2, 0.25) is 0 Å². The molecule has 14 aromatic carbocycles. The third kappa shape index (κ3) is 8.10. The van der Waals surface area contributed by atoms with Crippen LogP contribution in [0.25, 0.3) is 175 Å². The molecular weight excluding hydrogens is 1160 g/mol. The van der Waals surface area contributed by atoms with Crippen molar-refractivity contribution >= 4 is 109 Å². The zero-order valence-electron chi connectivity index (χ0n) is 51.0. The summed E-state index contributed by atoms with van der Waals surface area (Å²) < 4.78 is 10.5. The number of nitriles is 1. The summed E-state index contributed by atoms with van der Waals surface area (Å²) in [5.41, 5.74) is 24.2. The zero-order valence-corrected chi connectivity index (χ0v) is 51.9. The van der Waals surface area contributed by atoms with Gasteiger partial charge in [-0.25, -0.2) is 4.98 Å². The van der Waals surface area contributed by atoms with Crippen LogP contribution >= 0.6 is 11.3 Å². The monoisotopic (exact) mass is 1210 g/mol. The second-order valence-electron chi connectivity index (χ2n) is 24.5. The normalized spacial score (nSPS) is 11.9. The van der Waals surface area contributed by atoms with E-state index in [9.17, 15) is 5.26 Å². The van der Waals surface area contributed by atoms with E-state index in [0.717, 1.165) is 132 Å². The van der Waals surface area contributed by atoms with Crippen molar-refractivity contribution in [3.05, 3.63) is 321 Å². The van der Waals surface area contributed by atoms with Gasteiger partial charge >= 0.3 is 0 Å². The van der Waals surface area contributed by atoms with Gasteiger partial charge in [-0.3, -0.25) is 0 Å². The van der Waals surface area contributed by atoms with Crippen molar-refractivity contribution in [2.45, 2.75) is 6.92 Å². The Morgan fingerprint density at radius 1 is 0.287 bits per heavy atom. The number of nitrogens with zero attached hydrogens (tertiary/aromatic N) is 6. The molecule has 5 aromatic heterocycles. The van der Waals surface area contributed by atoms with Crippen molar-refractivity contribution in [1.29, 1.82) is 5.26 Å². The average molecular weight is 1220 g/mol. The molecule has 0 spiro atoms. The second-order valence-corrected chi connectivity index (χ2v) is 25.5. The van der Waals surface area contributed by atoms with E-state index >= 15 is 0 Å². The van der Waals surface area contributed by atoms with E-state index in [-0.39, 0.29) is 0 Å². The van der Waals surface area contributed by atoms with Crippen LogP contribution in [0.2, 0.25) is 0 Å². The number of fused-ring (bicyclic) bond motifs is 13. The largest absolute Gasteiger partial charge is 0.309 e. The van der Waals surface area contributed by atoms with Gasteiger partial charge < -0.3 is 18.3 Å². The number of aromatic nitrogens is 5. The first-order valence-corrected chi connectivity index (χ1v) is 32.7. The number of benzene rings is 14. The van der Waals surface area contributed by atoms with E-state index in [1.54, 1.807) is 11.3 Å². The molecule has 0 radical (unpaired) electrons. The van der Waals surface area contributed by atoms with Gasteiger partial charge in [0.25, 0.3) is 0 Å². The maximum absolute atomic E-state index is 12.5. The van der Waals surface area contributed by atoms with Gasteiger partial charge in [-0.2, -0.15) is 5.26 Å². The molecule has 0 N–H and O–H groups in total. The molecule has 0 aliphatic heterocycles. The summed E-state index contributed by atoms with van der Waals surface area (Å²) in [6, 6.07) is 115. The quantitative estimate of drug-likeness (QED) is 0.145. The molecule has 0 bridgehead atoms. The number of thiazole rings is 1. The molecule has 0 atom stereocenters. The Morgan fingerprint density at radius 2 is 0.574 bits per heavy atom. The smallest absolute Gasteiger partial charge is 0.126 e. The molecule has 0 saturated heterocycles. The molecule has 0 saturated carbocycles. The number of hydrogen-bond donors (Lipinski definition) is 0. The lowest BCUT2D eigenvalue weighted by atomic mass is 9.77. The minimum atomic E-state index is 0.549. The van der Waals surface area contributed by atoms with Crippen LogP contribution in [0.15, 0.2) is 309 Å². The molecule has 5 heterocycles. The van der Waals surface area contributed by atoms with Crippen molar-refractivity contribution in [2.24, 2.45) is 0 Å². The van der Waals surface area contributed by atoms with E-state index in [2.05, 4.69) is 335 Å². The van der Waals surface area contributed by atoms with Crippen LogP contribution in [-0.4, -0.2) is 23.3 Å². The molecule has 0 amide bonds. The first-order valence-electron chi connectivity index (χ1n) is 31.9. The van der Waals surface area contributed by atoms with Crippen LogP contribution in [0.5, 0.6) is 0 Å². The minimum Gasteiger partial charge on any atom is -0.309 e. The molecule has 0 aliphatic carbocycles. The summed E-state index contributed by atoms with van der Waals surface area (Å²) >= 11 is 1.64. The minimum absolute atomic E-state index is 0.549. The Kier molecular flexibility index (Phi) is 12.0. The Labute approximate surface area is 545 Å². The number of para-hydroxylation sites is 8. The Bertz CT molecular complexity index is 6150. The molecule has 0 fully saturated rings. The maximum Gasteiger partial charge on any atom is 0.126 e. The first kappa shape index (κ1) is 53.5. The molecule has 19 rings (SSSR count). The second kappa shape index (κ2) is 21.1. The van der Waals surface area contributed by atoms with Crippen LogP contribution in [0, 0.1) is 18.3 Å². The molecule has 0 unspecified atom stereocenters. The molecule has 6 nitrogen and oxygen atoms in total. The fourth-order valence-electron chi connectivity index (χ4n) is 15.3. The molecular formula is C87H54N6S. The topological polar surface area (TPSA) is 56.4 Å². The van der Waals surface area contributed by atoms with E-state index < -0.39 is 0 Å². The van der Waals surface area contributed by atoms with Crippen molar-refractivity contribution in [2.75, 3.05) is 0 Å². The Balaban J connectivity index is 0.922. The van der Waals surface area contributed by atoms with Crippen LogP contribution in [0.4, 0.5) is 0 Å². The van der Waals surface area contributed by atoms with E-state index in [1.165, 1.54) is 48.7 Å². The summed E-state index contributed by atoms with van der Waals surface area (Å²) in [4.78, 5) is 5.54. The van der Waals surface area contributed by atoms with Gasteiger partial charge in [0.15, 0.2) is 0 Å². The maximum atomic E-state index is 12.5. The number of rotatable bonds is 9. The zero-order chi connectivity index (χ0) is 62.1. The molecule has 438 valence electrons. The van der Waals surface area contributed by atoms with Gasteiger partial charge in [-0.1, -0.05) is 200 Å². The SMILES string of the molecule is Cc1ccc2c(c1)c1ccccc1n2-c1ccc(-c2c(C#N)c(-c3nc4ccccc4s3)c(-c3ccc(-n4c5ccccc5c5ccccc54)cc3)c(-c3ccc(-n4c5ccccc5c5ccccc54)cc3)c2-c2ccc(-n3c4ccccc4c4ccccc43)cc2)cc1. The highest BCUT2D eigenvalue weighted by atomic mass is 32.1. The average Bonchev–Trinajstić information content (AvgIpc) is 0.862. The standard InChI is InChI=1S/C87H54N6S/c1-54-34-51-80-70(52-54)69-24-8-16-32-79(69)93(80)62-43-35-55(36-44-62)82-71(53-88)86(87-89-72-25-9-17-33-81(72)94-87)85(58-41-49-61(50-42-58)92-77-30-14-6-22-67(77)68-23-7-15-31-78(68)92)84(57-39-47-60(48-40-57)91-75-28-12-4-20-65(75)66-21-5-13-29-76(66)91)83(82)56-37-45-59(46-38-56)90-73-26-10-2-18-63(73)64-19-3-11-27-74(64)90/h2-52H,1H3. The molecule has 94 heavy (non-hydrogen) atoms. The van der Waals surface area contributed by atoms with Crippen LogP contribution in [0.3, 0.4) is 0 Å². The highest BCUT2D eigenvalue weighted by Gasteiger charge is 2.31.